The Labute approximate surface area is 111 Å². The molecule has 1 aliphatic rings. The van der Waals surface area contributed by atoms with Crippen molar-refractivity contribution in [3.63, 3.8) is 0 Å². The van der Waals surface area contributed by atoms with Gasteiger partial charge in [-0.05, 0) is 32.4 Å². The smallest absolute Gasteiger partial charge is 0.322 e. The lowest BCUT2D eigenvalue weighted by molar-refractivity contribution is -0.00577. The van der Waals surface area contributed by atoms with Crippen molar-refractivity contribution in [2.75, 3.05) is 24.6 Å². The highest BCUT2D eigenvalue weighted by Gasteiger charge is 2.25. The molecule has 1 aliphatic heterocycles. The zero-order valence-electron chi connectivity index (χ0n) is 10.8. The molecule has 0 aromatic carbocycles. The van der Waals surface area contributed by atoms with Crippen LogP contribution in [0.5, 0.6) is 6.01 Å². The average Bonchev–Trinajstić information content (AvgIpc) is 2.27. The normalized spacial score (nSPS) is 24.1. The van der Waals surface area contributed by atoms with Crippen LogP contribution < -0.4 is 9.64 Å². The highest BCUT2D eigenvalue weighted by Crippen LogP contribution is 2.19. The van der Waals surface area contributed by atoms with Gasteiger partial charge in [-0.25, -0.2) is 0 Å². The predicted octanol–water partition coefficient (Wildman–Crippen LogP) is 1.54. The number of ether oxygens (including phenoxy) is 2. The molecule has 0 amide bonds. The Morgan fingerprint density at radius 1 is 1.28 bits per heavy atom. The largest absolute Gasteiger partial charge is 0.464 e. The number of rotatable bonds is 3. The molecule has 0 radical (unpaired) electrons. The molecule has 1 aromatic heterocycles. The molecule has 0 spiro atoms. The van der Waals surface area contributed by atoms with Gasteiger partial charge in [-0.1, -0.05) is 0 Å². The third kappa shape index (κ3) is 3.20. The molecule has 1 fully saturated rings. The van der Waals surface area contributed by atoms with Crippen LogP contribution in [0.15, 0.2) is 0 Å². The Morgan fingerprint density at radius 2 is 1.94 bits per heavy atom. The lowest BCUT2D eigenvalue weighted by Crippen LogP contribution is -2.46. The van der Waals surface area contributed by atoms with E-state index in [2.05, 4.69) is 15.0 Å². The van der Waals surface area contributed by atoms with Gasteiger partial charge in [0.05, 0.1) is 18.8 Å². The molecule has 0 aliphatic carbocycles. The molecule has 2 heterocycles. The van der Waals surface area contributed by atoms with Gasteiger partial charge in [-0.15, -0.1) is 0 Å². The fourth-order valence-electron chi connectivity index (χ4n) is 2.00. The number of anilines is 1. The molecule has 1 aromatic rings. The Bertz CT molecular complexity index is 408. The van der Waals surface area contributed by atoms with Gasteiger partial charge in [0, 0.05) is 13.1 Å². The second-order valence-electron chi connectivity index (χ2n) is 4.28. The third-order valence-corrected chi connectivity index (χ3v) is 2.72. The highest BCUT2D eigenvalue weighted by atomic mass is 35.5. The summed E-state index contributed by atoms with van der Waals surface area (Å²) in [7, 11) is 0. The van der Waals surface area contributed by atoms with Crippen molar-refractivity contribution in [1.29, 1.82) is 0 Å². The minimum atomic E-state index is 0.139. The zero-order chi connectivity index (χ0) is 13.1. The maximum Gasteiger partial charge on any atom is 0.322 e. The Morgan fingerprint density at radius 3 is 2.56 bits per heavy atom. The van der Waals surface area contributed by atoms with E-state index >= 15 is 0 Å². The SMILES string of the molecule is CCOc1nc(Cl)nc(N2CC(C)OC(C)C2)n1. The van der Waals surface area contributed by atoms with E-state index in [4.69, 9.17) is 21.1 Å². The molecular formula is C11H17ClN4O2. The first-order chi connectivity index (χ1) is 8.58. The van der Waals surface area contributed by atoms with Gasteiger partial charge in [0.2, 0.25) is 11.2 Å². The fourth-order valence-corrected chi connectivity index (χ4v) is 2.15. The molecule has 2 rings (SSSR count). The summed E-state index contributed by atoms with van der Waals surface area (Å²) >= 11 is 5.88. The predicted molar refractivity (Wildman–Crippen MR) is 68.2 cm³/mol. The van der Waals surface area contributed by atoms with Crippen LogP contribution in [0.1, 0.15) is 20.8 Å². The highest BCUT2D eigenvalue weighted by molar-refractivity contribution is 6.28. The maximum absolute atomic E-state index is 5.88. The fraction of sp³-hybridized carbons (Fsp3) is 0.727. The topological polar surface area (TPSA) is 60.4 Å². The van der Waals surface area contributed by atoms with E-state index < -0.39 is 0 Å². The summed E-state index contributed by atoms with van der Waals surface area (Å²) in [5.74, 6) is 0.542. The first-order valence-electron chi connectivity index (χ1n) is 6.03. The molecule has 6 nitrogen and oxygen atoms in total. The minimum Gasteiger partial charge on any atom is -0.464 e. The molecule has 0 N–H and O–H groups in total. The van der Waals surface area contributed by atoms with Crippen molar-refractivity contribution in [3.05, 3.63) is 5.28 Å². The van der Waals surface area contributed by atoms with E-state index in [9.17, 15) is 0 Å². The van der Waals surface area contributed by atoms with E-state index in [1.54, 1.807) is 0 Å². The summed E-state index contributed by atoms with van der Waals surface area (Å²) in [6, 6.07) is 0.263. The number of hydrogen-bond acceptors (Lipinski definition) is 6. The zero-order valence-corrected chi connectivity index (χ0v) is 11.5. The van der Waals surface area contributed by atoms with Crippen LogP contribution in [0.4, 0.5) is 5.95 Å². The molecule has 1 saturated heterocycles. The molecular weight excluding hydrogens is 256 g/mol. The second kappa shape index (κ2) is 5.67. The number of halogens is 1. The van der Waals surface area contributed by atoms with Crippen LogP contribution in [0, 0.1) is 0 Å². The van der Waals surface area contributed by atoms with Crippen molar-refractivity contribution in [2.45, 2.75) is 33.0 Å². The van der Waals surface area contributed by atoms with Crippen molar-refractivity contribution in [1.82, 2.24) is 15.0 Å². The van der Waals surface area contributed by atoms with Crippen LogP contribution in [0.25, 0.3) is 0 Å². The van der Waals surface area contributed by atoms with Crippen LogP contribution in [0.3, 0.4) is 0 Å². The molecule has 2 unspecified atom stereocenters. The molecule has 2 atom stereocenters. The number of nitrogens with zero attached hydrogens (tertiary/aromatic N) is 4. The molecule has 7 heteroatoms. The summed E-state index contributed by atoms with van der Waals surface area (Å²) in [6.45, 7) is 7.88. The summed E-state index contributed by atoms with van der Waals surface area (Å²) in [4.78, 5) is 14.4. The molecule has 100 valence electrons. The van der Waals surface area contributed by atoms with E-state index in [-0.39, 0.29) is 23.5 Å². The van der Waals surface area contributed by atoms with Gasteiger partial charge < -0.3 is 14.4 Å². The summed E-state index contributed by atoms with van der Waals surface area (Å²) in [5.41, 5.74) is 0. The Hall–Kier alpha value is -1.14. The summed E-state index contributed by atoms with van der Waals surface area (Å²) in [6.07, 6.45) is 0.277. The Balaban J connectivity index is 2.21. The van der Waals surface area contributed by atoms with Crippen molar-refractivity contribution < 1.29 is 9.47 Å². The van der Waals surface area contributed by atoms with Crippen LogP contribution in [-0.4, -0.2) is 46.9 Å². The van der Waals surface area contributed by atoms with Gasteiger partial charge in [-0.2, -0.15) is 15.0 Å². The van der Waals surface area contributed by atoms with Gasteiger partial charge >= 0.3 is 6.01 Å². The maximum atomic E-state index is 5.88. The van der Waals surface area contributed by atoms with Crippen molar-refractivity contribution >= 4 is 17.5 Å². The molecule has 0 bridgehead atoms. The lowest BCUT2D eigenvalue weighted by atomic mass is 10.2. The number of aromatic nitrogens is 3. The number of morpholine rings is 1. The van der Waals surface area contributed by atoms with E-state index in [0.717, 1.165) is 13.1 Å². The molecule has 18 heavy (non-hydrogen) atoms. The quantitative estimate of drug-likeness (QED) is 0.832. The van der Waals surface area contributed by atoms with Crippen LogP contribution in [-0.2, 0) is 4.74 Å². The van der Waals surface area contributed by atoms with Gasteiger partial charge in [0.25, 0.3) is 0 Å². The van der Waals surface area contributed by atoms with Gasteiger partial charge in [-0.3, -0.25) is 0 Å². The standard InChI is InChI=1S/C11H17ClN4O2/c1-4-17-11-14-9(12)13-10(15-11)16-5-7(2)18-8(3)6-16/h7-8H,4-6H2,1-3H3. The first-order valence-corrected chi connectivity index (χ1v) is 6.41. The second-order valence-corrected chi connectivity index (χ2v) is 4.62. The van der Waals surface area contributed by atoms with E-state index in [1.165, 1.54) is 0 Å². The van der Waals surface area contributed by atoms with E-state index in [1.807, 2.05) is 25.7 Å². The Kier molecular flexibility index (Phi) is 4.19. The third-order valence-electron chi connectivity index (χ3n) is 2.55. The summed E-state index contributed by atoms with van der Waals surface area (Å²) in [5, 5.41) is 0.148. The average molecular weight is 273 g/mol. The lowest BCUT2D eigenvalue weighted by Gasteiger charge is -2.35. The van der Waals surface area contributed by atoms with E-state index in [0.29, 0.717) is 12.6 Å². The minimum absolute atomic E-state index is 0.139. The van der Waals surface area contributed by atoms with Gasteiger partial charge in [0.1, 0.15) is 0 Å². The summed E-state index contributed by atoms with van der Waals surface area (Å²) < 4.78 is 10.9. The van der Waals surface area contributed by atoms with Crippen molar-refractivity contribution in [3.8, 4) is 6.01 Å². The molecule has 0 saturated carbocycles. The van der Waals surface area contributed by atoms with Crippen molar-refractivity contribution in [2.24, 2.45) is 0 Å². The van der Waals surface area contributed by atoms with Crippen LogP contribution >= 0.6 is 11.6 Å². The monoisotopic (exact) mass is 272 g/mol. The van der Waals surface area contributed by atoms with Crippen LogP contribution in [0.2, 0.25) is 5.28 Å². The number of hydrogen-bond donors (Lipinski definition) is 0. The van der Waals surface area contributed by atoms with Gasteiger partial charge in [0.15, 0.2) is 0 Å². The first kappa shape index (κ1) is 13.3.